The lowest BCUT2D eigenvalue weighted by Gasteiger charge is -2.31. The molecular formula is C24H29FN2O6S. The molecule has 10 heteroatoms. The van der Waals surface area contributed by atoms with Gasteiger partial charge in [0.25, 0.3) is 0 Å². The lowest BCUT2D eigenvalue weighted by Crippen LogP contribution is -2.38. The van der Waals surface area contributed by atoms with E-state index in [1.54, 1.807) is 24.3 Å². The summed E-state index contributed by atoms with van der Waals surface area (Å²) in [4.78, 5) is 15.1. The number of benzene rings is 2. The molecule has 0 radical (unpaired) electrons. The molecule has 0 spiro atoms. The largest absolute Gasteiger partial charge is 0.487 e. The van der Waals surface area contributed by atoms with E-state index < -0.39 is 21.8 Å². The number of rotatable bonds is 8. The van der Waals surface area contributed by atoms with E-state index in [2.05, 4.69) is 0 Å². The highest BCUT2D eigenvalue weighted by molar-refractivity contribution is 7.89. The molecule has 2 heterocycles. The number of anilines is 1. The molecule has 34 heavy (non-hydrogen) atoms. The Morgan fingerprint density at radius 3 is 2.44 bits per heavy atom. The minimum Gasteiger partial charge on any atom is -0.487 e. The van der Waals surface area contributed by atoms with Crippen molar-refractivity contribution in [2.45, 2.75) is 24.2 Å². The molecule has 0 unspecified atom stereocenters. The van der Waals surface area contributed by atoms with Crippen LogP contribution in [-0.2, 0) is 19.5 Å². The van der Waals surface area contributed by atoms with Gasteiger partial charge in [-0.3, -0.25) is 0 Å². The molecule has 2 aliphatic heterocycles. The fourth-order valence-corrected chi connectivity index (χ4v) is 5.64. The number of hydrogen-bond acceptors (Lipinski definition) is 7. The summed E-state index contributed by atoms with van der Waals surface area (Å²) < 4.78 is 57.7. The Hall–Kier alpha value is -2.69. The first-order valence-electron chi connectivity index (χ1n) is 11.5. The van der Waals surface area contributed by atoms with Gasteiger partial charge in [0.1, 0.15) is 13.2 Å². The summed E-state index contributed by atoms with van der Waals surface area (Å²) >= 11 is 0. The van der Waals surface area contributed by atoms with E-state index in [1.807, 2.05) is 4.90 Å². The first kappa shape index (κ1) is 24.4. The Bertz CT molecular complexity index is 1100. The van der Waals surface area contributed by atoms with E-state index in [1.165, 1.54) is 22.5 Å². The number of esters is 1. The van der Waals surface area contributed by atoms with Crippen molar-refractivity contribution in [3.8, 4) is 5.75 Å². The smallest absolute Gasteiger partial charge is 0.340 e. The molecule has 0 amide bonds. The van der Waals surface area contributed by atoms with Gasteiger partial charge in [0.15, 0.2) is 11.6 Å². The van der Waals surface area contributed by atoms with Crippen LogP contribution in [0.4, 0.5) is 10.1 Å². The number of morpholine rings is 1. The van der Waals surface area contributed by atoms with Crippen LogP contribution < -0.4 is 9.64 Å². The normalized spacial score (nSPS) is 17.4. The highest BCUT2D eigenvalue weighted by Crippen LogP contribution is 2.28. The minimum absolute atomic E-state index is 0.0364. The second-order valence-corrected chi connectivity index (χ2v) is 10.1. The molecule has 2 aliphatic rings. The number of carbonyl (C=O) groups excluding carboxylic acids is 1. The Kier molecular flexibility index (Phi) is 8.02. The van der Waals surface area contributed by atoms with Crippen LogP contribution >= 0.6 is 0 Å². The molecule has 0 bridgehead atoms. The third kappa shape index (κ3) is 5.68. The molecule has 4 rings (SSSR count). The van der Waals surface area contributed by atoms with Gasteiger partial charge in [-0.25, -0.2) is 17.6 Å². The van der Waals surface area contributed by atoms with Gasteiger partial charge in [0.05, 0.1) is 29.4 Å². The van der Waals surface area contributed by atoms with Gasteiger partial charge in [-0.1, -0.05) is 18.6 Å². The quantitative estimate of drug-likeness (QED) is 0.414. The van der Waals surface area contributed by atoms with Crippen LogP contribution in [-0.4, -0.2) is 71.3 Å². The number of piperidine rings is 1. The molecule has 0 aromatic heterocycles. The predicted octanol–water partition coefficient (Wildman–Crippen LogP) is 3.07. The van der Waals surface area contributed by atoms with Crippen LogP contribution in [0.15, 0.2) is 47.4 Å². The van der Waals surface area contributed by atoms with Gasteiger partial charge in [-0.15, -0.1) is 0 Å². The summed E-state index contributed by atoms with van der Waals surface area (Å²) in [5.74, 6) is -1.09. The summed E-state index contributed by atoms with van der Waals surface area (Å²) in [6.45, 7) is 2.98. The first-order chi connectivity index (χ1) is 16.5. The Morgan fingerprint density at radius 2 is 1.71 bits per heavy atom. The van der Waals surface area contributed by atoms with Crippen LogP contribution in [0.25, 0.3) is 0 Å². The molecule has 0 N–H and O–H groups in total. The molecule has 184 valence electrons. The van der Waals surface area contributed by atoms with Crippen molar-refractivity contribution in [3.05, 3.63) is 53.8 Å². The van der Waals surface area contributed by atoms with Gasteiger partial charge in [0.2, 0.25) is 10.0 Å². The van der Waals surface area contributed by atoms with Crippen LogP contribution in [0, 0.1) is 5.82 Å². The van der Waals surface area contributed by atoms with E-state index >= 15 is 0 Å². The average molecular weight is 493 g/mol. The fourth-order valence-electron chi connectivity index (χ4n) is 4.10. The van der Waals surface area contributed by atoms with Gasteiger partial charge < -0.3 is 19.1 Å². The number of sulfonamides is 1. The maximum Gasteiger partial charge on any atom is 0.340 e. The summed E-state index contributed by atoms with van der Waals surface area (Å²) in [5, 5.41) is 0. The van der Waals surface area contributed by atoms with Crippen molar-refractivity contribution in [2.75, 3.05) is 57.5 Å². The molecule has 0 aliphatic carbocycles. The van der Waals surface area contributed by atoms with E-state index in [0.29, 0.717) is 45.1 Å². The Morgan fingerprint density at radius 1 is 0.971 bits per heavy atom. The molecule has 2 aromatic rings. The summed E-state index contributed by atoms with van der Waals surface area (Å²) in [6.07, 6.45) is 2.65. The van der Waals surface area contributed by atoms with Crippen molar-refractivity contribution in [3.63, 3.8) is 0 Å². The lowest BCUT2D eigenvalue weighted by atomic mass is 10.1. The number of nitrogens with zero attached hydrogens (tertiary/aromatic N) is 2. The van der Waals surface area contributed by atoms with Gasteiger partial charge in [-0.05, 0) is 43.2 Å². The fraction of sp³-hybridized carbons (Fsp3) is 0.458. The summed E-state index contributed by atoms with van der Waals surface area (Å²) in [6, 6.07) is 10.6. The van der Waals surface area contributed by atoms with Crippen molar-refractivity contribution in [2.24, 2.45) is 0 Å². The van der Waals surface area contributed by atoms with Crippen molar-refractivity contribution in [1.29, 1.82) is 0 Å². The molecule has 0 saturated carbocycles. The standard InChI is InChI=1S/C24H29FN2O6S/c25-21-6-2-3-7-23(21)32-16-17-33-24(28)20-18-19(34(29,30)27-10-4-1-5-11-27)8-9-22(20)26-12-14-31-15-13-26/h2-3,6-9,18H,1,4-5,10-17H2. The van der Waals surface area contributed by atoms with E-state index in [9.17, 15) is 17.6 Å². The molecular weight excluding hydrogens is 463 g/mol. The number of halogens is 1. The highest BCUT2D eigenvalue weighted by Gasteiger charge is 2.29. The number of para-hydroxylation sites is 1. The number of carbonyl (C=O) groups is 1. The van der Waals surface area contributed by atoms with E-state index in [0.717, 1.165) is 19.3 Å². The van der Waals surface area contributed by atoms with Crippen molar-refractivity contribution in [1.82, 2.24) is 4.31 Å². The molecule has 2 aromatic carbocycles. The van der Waals surface area contributed by atoms with Crippen LogP contribution in [0.5, 0.6) is 5.75 Å². The first-order valence-corrected chi connectivity index (χ1v) is 12.9. The van der Waals surface area contributed by atoms with Gasteiger partial charge in [0, 0.05) is 26.2 Å². The van der Waals surface area contributed by atoms with Crippen LogP contribution in [0.3, 0.4) is 0 Å². The summed E-state index contributed by atoms with van der Waals surface area (Å²) in [5.41, 5.74) is 0.770. The second kappa shape index (κ2) is 11.2. The van der Waals surface area contributed by atoms with E-state index in [-0.39, 0.29) is 29.4 Å². The SMILES string of the molecule is O=C(OCCOc1ccccc1F)c1cc(S(=O)(=O)N2CCCCC2)ccc1N1CCOCC1. The monoisotopic (exact) mass is 492 g/mol. The summed E-state index contributed by atoms with van der Waals surface area (Å²) in [7, 11) is -3.72. The zero-order valence-electron chi connectivity index (χ0n) is 18.9. The molecule has 2 saturated heterocycles. The third-order valence-corrected chi connectivity index (χ3v) is 7.80. The second-order valence-electron chi connectivity index (χ2n) is 8.16. The Labute approximate surface area is 199 Å². The topological polar surface area (TPSA) is 85.4 Å². The minimum atomic E-state index is -3.72. The van der Waals surface area contributed by atoms with Crippen molar-refractivity contribution < 1.29 is 31.8 Å². The number of hydrogen-bond donors (Lipinski definition) is 0. The zero-order valence-corrected chi connectivity index (χ0v) is 19.8. The van der Waals surface area contributed by atoms with Crippen LogP contribution in [0.1, 0.15) is 29.6 Å². The highest BCUT2D eigenvalue weighted by atomic mass is 32.2. The third-order valence-electron chi connectivity index (χ3n) is 5.90. The Balaban J connectivity index is 1.51. The average Bonchev–Trinajstić information content (AvgIpc) is 2.88. The molecule has 0 atom stereocenters. The number of ether oxygens (including phenoxy) is 3. The lowest BCUT2D eigenvalue weighted by molar-refractivity contribution is 0.0448. The van der Waals surface area contributed by atoms with Crippen LogP contribution in [0.2, 0.25) is 0 Å². The zero-order chi connectivity index (χ0) is 24.0. The van der Waals surface area contributed by atoms with Gasteiger partial charge >= 0.3 is 5.97 Å². The molecule has 8 nitrogen and oxygen atoms in total. The van der Waals surface area contributed by atoms with Crippen molar-refractivity contribution >= 4 is 21.7 Å². The maximum atomic E-state index is 13.7. The molecule has 2 fully saturated rings. The van der Waals surface area contributed by atoms with E-state index in [4.69, 9.17) is 14.2 Å². The maximum absolute atomic E-state index is 13.7. The van der Waals surface area contributed by atoms with Gasteiger partial charge in [-0.2, -0.15) is 4.31 Å². The predicted molar refractivity (Wildman–Crippen MR) is 124 cm³/mol.